The Hall–Kier alpha value is -2.38. The second kappa shape index (κ2) is 5.61. The van der Waals surface area contributed by atoms with Gasteiger partial charge in [-0.15, -0.1) is 0 Å². The fourth-order valence-electron chi connectivity index (χ4n) is 3.79. The van der Waals surface area contributed by atoms with Crippen molar-refractivity contribution in [2.75, 3.05) is 21.1 Å². The molecule has 0 N–H and O–H groups in total. The lowest BCUT2D eigenvalue weighted by Gasteiger charge is -2.23. The lowest BCUT2D eigenvalue weighted by atomic mass is 9.90. The number of fused-ring (bicyclic) bond motifs is 3. The third-order valence-corrected chi connectivity index (χ3v) is 5.11. The summed E-state index contributed by atoms with van der Waals surface area (Å²) in [5, 5.41) is 0. The molecule has 3 aromatic carbocycles. The number of quaternary nitrogens is 1. The predicted octanol–water partition coefficient (Wildman–Crippen LogP) is 5.24. The van der Waals surface area contributed by atoms with Crippen LogP contribution in [0.15, 0.2) is 72.8 Å². The van der Waals surface area contributed by atoms with Crippen molar-refractivity contribution in [3.05, 3.63) is 89.5 Å². The Kier molecular flexibility index (Phi) is 3.54. The molecule has 1 aliphatic rings. The second-order valence-electron chi connectivity index (χ2n) is 7.61. The van der Waals surface area contributed by atoms with Crippen molar-refractivity contribution in [2.24, 2.45) is 0 Å². The van der Waals surface area contributed by atoms with Gasteiger partial charge in [0.25, 0.3) is 0 Å². The van der Waals surface area contributed by atoms with E-state index in [0.29, 0.717) is 5.92 Å². The molecule has 0 aliphatic heterocycles. The van der Waals surface area contributed by atoms with Crippen molar-refractivity contribution in [2.45, 2.75) is 12.3 Å². The summed E-state index contributed by atoms with van der Waals surface area (Å²) in [7, 11) is 6.62. The number of hydrogen-bond donors (Lipinski definition) is 0. The van der Waals surface area contributed by atoms with Crippen LogP contribution in [0.3, 0.4) is 0 Å². The Balaban J connectivity index is 1.70. The van der Waals surface area contributed by atoms with Gasteiger partial charge in [-0.05, 0) is 46.4 Å². The Morgan fingerprint density at radius 3 is 1.67 bits per heavy atom. The highest BCUT2D eigenvalue weighted by atomic mass is 15.3. The Morgan fingerprint density at radius 2 is 1.17 bits per heavy atom. The molecule has 1 nitrogen and oxygen atoms in total. The lowest BCUT2D eigenvalue weighted by molar-refractivity contribution is 0.486. The second-order valence-corrected chi connectivity index (χ2v) is 7.61. The first-order valence-electron chi connectivity index (χ1n) is 8.63. The first-order valence-corrected chi connectivity index (χ1v) is 8.63. The van der Waals surface area contributed by atoms with E-state index in [1.54, 1.807) is 0 Å². The first-order chi connectivity index (χ1) is 11.5. The molecular weight excluding hydrogens is 290 g/mol. The predicted molar refractivity (Wildman–Crippen MR) is 103 cm³/mol. The molecule has 0 aromatic heterocycles. The fraction of sp³-hybridized carbons (Fsp3) is 0.217. The van der Waals surface area contributed by atoms with E-state index in [1.807, 2.05) is 0 Å². The maximum absolute atomic E-state index is 2.29. The zero-order valence-corrected chi connectivity index (χ0v) is 14.7. The SMILES string of the molecule is C[N+](C)(C)c1ccc(CC2c3ccccc3-c3ccccc32)cc1. The summed E-state index contributed by atoms with van der Waals surface area (Å²) in [6, 6.07) is 26.8. The van der Waals surface area contributed by atoms with Crippen molar-refractivity contribution in [1.29, 1.82) is 0 Å². The molecule has 0 bridgehead atoms. The van der Waals surface area contributed by atoms with Crippen LogP contribution < -0.4 is 4.48 Å². The van der Waals surface area contributed by atoms with Crippen LogP contribution in [0.5, 0.6) is 0 Å². The van der Waals surface area contributed by atoms with E-state index < -0.39 is 0 Å². The molecule has 0 saturated heterocycles. The van der Waals surface area contributed by atoms with E-state index in [9.17, 15) is 0 Å². The van der Waals surface area contributed by atoms with Crippen molar-refractivity contribution >= 4 is 5.69 Å². The van der Waals surface area contributed by atoms with E-state index in [0.717, 1.165) is 10.9 Å². The van der Waals surface area contributed by atoms with Gasteiger partial charge in [0.15, 0.2) is 0 Å². The van der Waals surface area contributed by atoms with Crippen LogP contribution >= 0.6 is 0 Å². The summed E-state index contributed by atoms with van der Waals surface area (Å²) in [6.45, 7) is 0. The number of benzene rings is 3. The molecule has 0 amide bonds. The Labute approximate surface area is 144 Å². The maximum Gasteiger partial charge on any atom is 0.132 e. The van der Waals surface area contributed by atoms with E-state index >= 15 is 0 Å². The van der Waals surface area contributed by atoms with Gasteiger partial charge in [-0.3, -0.25) is 4.48 Å². The van der Waals surface area contributed by atoms with Gasteiger partial charge in [0.05, 0.1) is 21.1 Å². The summed E-state index contributed by atoms with van der Waals surface area (Å²) in [6.07, 6.45) is 1.06. The minimum Gasteiger partial charge on any atom is -0.298 e. The Morgan fingerprint density at radius 1 is 0.667 bits per heavy atom. The maximum atomic E-state index is 2.29. The largest absolute Gasteiger partial charge is 0.298 e. The van der Waals surface area contributed by atoms with Gasteiger partial charge in [0.1, 0.15) is 5.69 Å². The third kappa shape index (κ3) is 2.55. The summed E-state index contributed by atoms with van der Waals surface area (Å²) < 4.78 is 0.857. The average Bonchev–Trinajstić information content (AvgIpc) is 2.89. The van der Waals surface area contributed by atoms with Crippen LogP contribution in [0, 0.1) is 0 Å². The lowest BCUT2D eigenvalue weighted by Crippen LogP contribution is -2.34. The zero-order valence-electron chi connectivity index (χ0n) is 14.7. The summed E-state index contributed by atoms with van der Waals surface area (Å²) >= 11 is 0. The number of nitrogens with zero attached hydrogens (tertiary/aromatic N) is 1. The van der Waals surface area contributed by atoms with Gasteiger partial charge in [0, 0.05) is 5.92 Å². The number of hydrogen-bond acceptors (Lipinski definition) is 0. The van der Waals surface area contributed by atoms with Crippen LogP contribution in [-0.2, 0) is 6.42 Å². The van der Waals surface area contributed by atoms with Gasteiger partial charge in [-0.2, -0.15) is 0 Å². The van der Waals surface area contributed by atoms with Crippen molar-refractivity contribution in [3.63, 3.8) is 0 Å². The molecular formula is C23H24N+. The normalized spacial score (nSPS) is 13.6. The van der Waals surface area contributed by atoms with Crippen molar-refractivity contribution in [3.8, 4) is 11.1 Å². The molecule has 1 heteroatoms. The summed E-state index contributed by atoms with van der Waals surface area (Å²) in [5.74, 6) is 0.465. The molecule has 4 rings (SSSR count). The van der Waals surface area contributed by atoms with Gasteiger partial charge in [-0.25, -0.2) is 0 Å². The molecule has 0 spiro atoms. The highest BCUT2D eigenvalue weighted by Gasteiger charge is 2.28. The molecule has 0 fully saturated rings. The first kappa shape index (κ1) is 15.2. The molecule has 24 heavy (non-hydrogen) atoms. The Bertz CT molecular complexity index is 824. The third-order valence-electron chi connectivity index (χ3n) is 5.11. The highest BCUT2D eigenvalue weighted by Crippen LogP contribution is 2.45. The summed E-state index contributed by atoms with van der Waals surface area (Å²) in [5.41, 5.74) is 8.49. The van der Waals surface area contributed by atoms with E-state index in [1.165, 1.54) is 33.5 Å². The van der Waals surface area contributed by atoms with Crippen molar-refractivity contribution < 1.29 is 0 Å². The molecule has 120 valence electrons. The average molecular weight is 314 g/mol. The van der Waals surface area contributed by atoms with Crippen LogP contribution in [-0.4, -0.2) is 21.1 Å². The van der Waals surface area contributed by atoms with E-state index in [4.69, 9.17) is 0 Å². The fourth-order valence-corrected chi connectivity index (χ4v) is 3.79. The molecule has 0 atom stereocenters. The molecule has 0 unspecified atom stereocenters. The molecule has 1 aliphatic carbocycles. The smallest absolute Gasteiger partial charge is 0.132 e. The zero-order chi connectivity index (χ0) is 16.7. The van der Waals surface area contributed by atoms with Gasteiger partial charge in [-0.1, -0.05) is 60.7 Å². The molecule has 3 aromatic rings. The van der Waals surface area contributed by atoms with E-state index in [2.05, 4.69) is 93.9 Å². The monoisotopic (exact) mass is 314 g/mol. The molecule has 0 heterocycles. The van der Waals surface area contributed by atoms with Crippen LogP contribution in [0.2, 0.25) is 0 Å². The summed E-state index contributed by atoms with van der Waals surface area (Å²) in [4.78, 5) is 0. The minimum absolute atomic E-state index is 0.465. The van der Waals surface area contributed by atoms with Crippen LogP contribution in [0.25, 0.3) is 11.1 Å². The number of rotatable bonds is 3. The van der Waals surface area contributed by atoms with Crippen LogP contribution in [0.1, 0.15) is 22.6 Å². The minimum atomic E-state index is 0.465. The topological polar surface area (TPSA) is 0 Å². The highest BCUT2D eigenvalue weighted by molar-refractivity contribution is 5.78. The van der Waals surface area contributed by atoms with Crippen LogP contribution in [0.4, 0.5) is 5.69 Å². The van der Waals surface area contributed by atoms with Crippen molar-refractivity contribution in [1.82, 2.24) is 4.48 Å². The standard InChI is InChI=1S/C23H24N/c1-24(2,3)18-14-12-17(13-15-18)16-23-21-10-6-4-8-19(21)20-9-5-7-11-22(20)23/h4-15,23H,16H2,1-3H3/q+1. The van der Waals surface area contributed by atoms with Gasteiger partial charge in [0.2, 0.25) is 0 Å². The quantitative estimate of drug-likeness (QED) is 0.580. The van der Waals surface area contributed by atoms with Gasteiger partial charge >= 0.3 is 0 Å². The molecule has 0 saturated carbocycles. The van der Waals surface area contributed by atoms with Gasteiger partial charge < -0.3 is 0 Å². The molecule has 0 radical (unpaired) electrons. The van der Waals surface area contributed by atoms with E-state index in [-0.39, 0.29) is 0 Å².